The molecule has 1 saturated carbocycles. The molecule has 1 atom stereocenters. The first-order valence-electron chi connectivity index (χ1n) is 15.4. The van der Waals surface area contributed by atoms with Gasteiger partial charge in [-0.2, -0.15) is 0 Å². The van der Waals surface area contributed by atoms with Gasteiger partial charge in [0.1, 0.15) is 12.6 Å². The van der Waals surface area contributed by atoms with E-state index in [0.29, 0.717) is 0 Å². The zero-order chi connectivity index (χ0) is 32.5. The van der Waals surface area contributed by atoms with Gasteiger partial charge in [-0.25, -0.2) is 8.42 Å². The van der Waals surface area contributed by atoms with Gasteiger partial charge < -0.3 is 10.2 Å². The number of nitrogens with one attached hydrogen (secondary N) is 1. The Hall–Kier alpha value is -3.85. The Morgan fingerprint density at radius 3 is 2.00 bits per heavy atom. The van der Waals surface area contributed by atoms with Crippen LogP contribution in [-0.4, -0.2) is 43.8 Å². The number of rotatable bonds is 12. The number of hydrogen-bond acceptors (Lipinski definition) is 4. The second-order valence-corrected chi connectivity index (χ2v) is 14.2. The molecule has 240 valence electrons. The number of benzene rings is 4. The van der Waals surface area contributed by atoms with E-state index in [0.717, 1.165) is 47.5 Å². The molecule has 1 aliphatic rings. The van der Waals surface area contributed by atoms with Gasteiger partial charge in [0.2, 0.25) is 11.8 Å². The van der Waals surface area contributed by atoms with Crippen molar-refractivity contribution in [3.8, 4) is 0 Å². The predicted molar refractivity (Wildman–Crippen MR) is 183 cm³/mol. The molecule has 0 saturated heterocycles. The maximum absolute atomic E-state index is 14.6. The molecule has 5 rings (SSSR count). The summed E-state index contributed by atoms with van der Waals surface area (Å²) >= 11 is 12.9. The Balaban J connectivity index is 1.57. The van der Waals surface area contributed by atoms with Crippen molar-refractivity contribution in [2.24, 2.45) is 0 Å². The predicted octanol–water partition coefficient (Wildman–Crippen LogP) is 7.28. The molecule has 1 fully saturated rings. The highest BCUT2D eigenvalue weighted by atomic mass is 35.5. The molecular weight excluding hydrogens is 641 g/mol. The molecule has 4 aromatic carbocycles. The maximum Gasteiger partial charge on any atom is 0.264 e. The van der Waals surface area contributed by atoms with E-state index in [9.17, 15) is 18.0 Å². The fourth-order valence-corrected chi connectivity index (χ4v) is 7.67. The van der Waals surface area contributed by atoms with E-state index >= 15 is 0 Å². The third kappa shape index (κ3) is 8.49. The molecule has 0 bridgehead atoms. The van der Waals surface area contributed by atoms with Crippen molar-refractivity contribution in [2.45, 2.75) is 62.0 Å². The van der Waals surface area contributed by atoms with Crippen molar-refractivity contribution >= 4 is 50.7 Å². The monoisotopic (exact) mass is 677 g/mol. The van der Waals surface area contributed by atoms with Crippen molar-refractivity contribution in [3.05, 3.63) is 130 Å². The highest BCUT2D eigenvalue weighted by molar-refractivity contribution is 7.92. The molecule has 7 nitrogen and oxygen atoms in total. The van der Waals surface area contributed by atoms with Gasteiger partial charge in [-0.15, -0.1) is 0 Å². The average molecular weight is 679 g/mol. The van der Waals surface area contributed by atoms with Gasteiger partial charge in [0.05, 0.1) is 15.6 Å². The minimum absolute atomic E-state index is 0.00988. The maximum atomic E-state index is 14.6. The lowest BCUT2D eigenvalue weighted by Gasteiger charge is -2.35. The third-order valence-electron chi connectivity index (χ3n) is 8.21. The van der Waals surface area contributed by atoms with E-state index < -0.39 is 28.5 Å². The second kappa shape index (κ2) is 15.6. The molecule has 0 aliphatic heterocycles. The topological polar surface area (TPSA) is 86.8 Å². The molecule has 0 aromatic heterocycles. The molecule has 1 unspecified atom stereocenters. The van der Waals surface area contributed by atoms with Crippen molar-refractivity contribution in [1.82, 2.24) is 10.2 Å². The van der Waals surface area contributed by atoms with E-state index in [2.05, 4.69) is 5.32 Å². The van der Waals surface area contributed by atoms with Crippen molar-refractivity contribution < 1.29 is 18.0 Å². The van der Waals surface area contributed by atoms with Gasteiger partial charge >= 0.3 is 0 Å². The summed E-state index contributed by atoms with van der Waals surface area (Å²) < 4.78 is 29.3. The summed E-state index contributed by atoms with van der Waals surface area (Å²) in [6.07, 6.45) is 5.22. The molecule has 10 heteroatoms. The average Bonchev–Trinajstić information content (AvgIpc) is 3.08. The first kappa shape index (κ1) is 33.5. The molecule has 46 heavy (non-hydrogen) atoms. The van der Waals surface area contributed by atoms with Crippen LogP contribution in [0.15, 0.2) is 114 Å². The largest absolute Gasteiger partial charge is 0.352 e. The zero-order valence-corrected chi connectivity index (χ0v) is 27.7. The molecule has 0 heterocycles. The van der Waals surface area contributed by atoms with E-state index in [4.69, 9.17) is 23.2 Å². The van der Waals surface area contributed by atoms with Crippen LogP contribution in [0, 0.1) is 0 Å². The van der Waals surface area contributed by atoms with Crippen LogP contribution in [0.4, 0.5) is 5.69 Å². The lowest BCUT2D eigenvalue weighted by molar-refractivity contribution is -0.140. The lowest BCUT2D eigenvalue weighted by Crippen LogP contribution is -2.55. The molecule has 4 aromatic rings. The Morgan fingerprint density at radius 2 is 1.37 bits per heavy atom. The van der Waals surface area contributed by atoms with Crippen LogP contribution in [0.1, 0.15) is 43.2 Å². The normalized spacial score (nSPS) is 14.3. The fourth-order valence-electron chi connectivity index (χ4n) is 5.79. The van der Waals surface area contributed by atoms with Crippen LogP contribution in [0.3, 0.4) is 0 Å². The molecule has 1 N–H and O–H groups in total. The standard InChI is InChI=1S/C36H37Cl2N3O4S/c37-29-21-22-32(38)33(24-29)41(46(44,45)31-19-11-4-12-20-31)26-35(42)40(25-28-15-7-2-8-16-28)34(23-27-13-5-1-6-14-27)36(43)39-30-17-9-3-10-18-30/h1-2,4-8,11-16,19-22,24,30,34H,3,9-10,17-18,23,25-26H2,(H,39,43). The smallest absolute Gasteiger partial charge is 0.264 e. The molecular formula is C36H37Cl2N3O4S. The second-order valence-electron chi connectivity index (χ2n) is 11.5. The number of amides is 2. The SMILES string of the molecule is O=C(NC1CCCCC1)C(Cc1ccccc1)N(Cc1ccccc1)C(=O)CN(c1cc(Cl)ccc1Cl)S(=O)(=O)c1ccccc1. The van der Waals surface area contributed by atoms with Gasteiger partial charge in [-0.05, 0) is 54.3 Å². The first-order valence-corrected chi connectivity index (χ1v) is 17.6. The van der Waals surface area contributed by atoms with Gasteiger partial charge in [0.25, 0.3) is 10.0 Å². The highest BCUT2D eigenvalue weighted by Crippen LogP contribution is 2.33. The van der Waals surface area contributed by atoms with Crippen LogP contribution in [0.2, 0.25) is 10.0 Å². The van der Waals surface area contributed by atoms with E-state index in [-0.39, 0.29) is 45.5 Å². The van der Waals surface area contributed by atoms with Gasteiger partial charge in [0.15, 0.2) is 0 Å². The Labute approximate surface area is 281 Å². The molecule has 0 radical (unpaired) electrons. The summed E-state index contributed by atoms with van der Waals surface area (Å²) in [5, 5.41) is 3.59. The van der Waals surface area contributed by atoms with E-state index in [1.54, 1.807) is 24.3 Å². The number of sulfonamides is 1. The Bertz CT molecular complexity index is 1720. The Morgan fingerprint density at radius 1 is 0.783 bits per heavy atom. The van der Waals surface area contributed by atoms with Crippen molar-refractivity contribution in [3.63, 3.8) is 0 Å². The summed E-state index contributed by atoms with van der Waals surface area (Å²) in [6, 6.07) is 30.3. The summed E-state index contributed by atoms with van der Waals surface area (Å²) in [4.78, 5) is 30.2. The van der Waals surface area contributed by atoms with Gasteiger partial charge in [-0.1, -0.05) is 121 Å². The van der Waals surface area contributed by atoms with Gasteiger partial charge in [0, 0.05) is 24.0 Å². The van der Waals surface area contributed by atoms with E-state index in [1.165, 1.54) is 29.2 Å². The lowest BCUT2D eigenvalue weighted by atomic mass is 9.94. The summed E-state index contributed by atoms with van der Waals surface area (Å²) in [5.74, 6) is -0.822. The first-order chi connectivity index (χ1) is 22.2. The number of carbonyl (C=O) groups is 2. The minimum Gasteiger partial charge on any atom is -0.352 e. The van der Waals surface area contributed by atoms with Crippen molar-refractivity contribution in [2.75, 3.05) is 10.8 Å². The fraction of sp³-hybridized carbons (Fsp3) is 0.278. The van der Waals surface area contributed by atoms with Crippen LogP contribution in [0.25, 0.3) is 0 Å². The Kier molecular flexibility index (Phi) is 11.4. The minimum atomic E-state index is -4.28. The third-order valence-corrected chi connectivity index (χ3v) is 10.5. The molecule has 0 spiro atoms. The number of hydrogen-bond donors (Lipinski definition) is 1. The quantitative estimate of drug-likeness (QED) is 0.171. The van der Waals surface area contributed by atoms with Gasteiger partial charge in [-0.3, -0.25) is 13.9 Å². The number of carbonyl (C=O) groups excluding carboxylic acids is 2. The molecule has 2 amide bonds. The van der Waals surface area contributed by atoms with Crippen LogP contribution in [0.5, 0.6) is 0 Å². The zero-order valence-electron chi connectivity index (χ0n) is 25.4. The number of halogens is 2. The van der Waals surface area contributed by atoms with Crippen LogP contribution >= 0.6 is 23.2 Å². The van der Waals surface area contributed by atoms with Crippen LogP contribution < -0.4 is 9.62 Å². The summed E-state index contributed by atoms with van der Waals surface area (Å²) in [5.41, 5.74) is 1.75. The highest BCUT2D eigenvalue weighted by Gasteiger charge is 2.36. The summed E-state index contributed by atoms with van der Waals surface area (Å²) in [6.45, 7) is -0.510. The number of anilines is 1. The number of nitrogens with zero attached hydrogens (tertiary/aromatic N) is 2. The van der Waals surface area contributed by atoms with Crippen molar-refractivity contribution in [1.29, 1.82) is 0 Å². The van der Waals surface area contributed by atoms with E-state index in [1.807, 2.05) is 60.7 Å². The van der Waals surface area contributed by atoms with Crippen LogP contribution in [-0.2, 0) is 32.6 Å². The summed E-state index contributed by atoms with van der Waals surface area (Å²) in [7, 11) is -4.28. The molecule has 1 aliphatic carbocycles.